The Morgan fingerprint density at radius 2 is 2.10 bits per heavy atom. The average Bonchev–Trinajstić information content (AvgIpc) is 2.81. The standard InChI is InChI=1S/C15H24N2O4/c1-5-20-15(19)17-12(8-10(2)3)9-16-14(18)13-6-7-21-11(13)4/h6-7,10,12H,5,8-9H2,1-4H3,(H,16,18)(H,17,19)/t12-/m0/s1. The van der Waals surface area contributed by atoms with E-state index in [9.17, 15) is 9.59 Å². The topological polar surface area (TPSA) is 80.6 Å². The van der Waals surface area contributed by atoms with E-state index in [-0.39, 0.29) is 11.9 Å². The zero-order chi connectivity index (χ0) is 15.8. The second-order valence-corrected chi connectivity index (χ2v) is 5.29. The van der Waals surface area contributed by atoms with Gasteiger partial charge >= 0.3 is 6.09 Å². The Bertz CT molecular complexity index is 468. The summed E-state index contributed by atoms with van der Waals surface area (Å²) in [5.74, 6) is 0.761. The van der Waals surface area contributed by atoms with E-state index in [1.54, 1.807) is 19.9 Å². The molecule has 0 aliphatic carbocycles. The highest BCUT2D eigenvalue weighted by Gasteiger charge is 2.17. The van der Waals surface area contributed by atoms with Crippen molar-refractivity contribution in [2.24, 2.45) is 5.92 Å². The molecule has 0 aliphatic rings. The molecule has 6 heteroatoms. The summed E-state index contributed by atoms with van der Waals surface area (Å²) in [4.78, 5) is 23.5. The van der Waals surface area contributed by atoms with Crippen LogP contribution in [-0.2, 0) is 4.74 Å². The fourth-order valence-corrected chi connectivity index (χ4v) is 2.03. The van der Waals surface area contributed by atoms with E-state index in [0.717, 1.165) is 6.42 Å². The van der Waals surface area contributed by atoms with E-state index >= 15 is 0 Å². The first kappa shape index (κ1) is 17.1. The zero-order valence-electron chi connectivity index (χ0n) is 13.1. The second kappa shape index (κ2) is 8.34. The number of ether oxygens (including phenoxy) is 1. The number of furan rings is 1. The van der Waals surface area contributed by atoms with Crippen LogP contribution >= 0.6 is 0 Å². The van der Waals surface area contributed by atoms with Crippen LogP contribution in [0, 0.1) is 12.8 Å². The first-order valence-corrected chi connectivity index (χ1v) is 7.19. The first-order chi connectivity index (χ1) is 9.93. The molecule has 0 saturated carbocycles. The first-order valence-electron chi connectivity index (χ1n) is 7.19. The lowest BCUT2D eigenvalue weighted by atomic mass is 10.0. The van der Waals surface area contributed by atoms with Gasteiger partial charge in [-0.15, -0.1) is 0 Å². The number of hydrogen-bond acceptors (Lipinski definition) is 4. The largest absolute Gasteiger partial charge is 0.469 e. The molecule has 1 aromatic heterocycles. The van der Waals surface area contributed by atoms with Crippen LogP contribution in [0.25, 0.3) is 0 Å². The summed E-state index contributed by atoms with van der Waals surface area (Å²) in [7, 11) is 0. The maximum absolute atomic E-state index is 12.0. The Labute approximate surface area is 125 Å². The Morgan fingerprint density at radius 1 is 1.38 bits per heavy atom. The number of amides is 2. The number of carbonyl (C=O) groups is 2. The zero-order valence-corrected chi connectivity index (χ0v) is 13.1. The molecule has 1 atom stereocenters. The second-order valence-electron chi connectivity index (χ2n) is 5.29. The van der Waals surface area contributed by atoms with Gasteiger partial charge < -0.3 is 19.8 Å². The van der Waals surface area contributed by atoms with Crippen molar-refractivity contribution < 1.29 is 18.7 Å². The Balaban J connectivity index is 2.54. The van der Waals surface area contributed by atoms with Gasteiger partial charge in [-0.3, -0.25) is 4.79 Å². The quantitative estimate of drug-likeness (QED) is 0.810. The van der Waals surface area contributed by atoms with Crippen LogP contribution in [0.2, 0.25) is 0 Å². The van der Waals surface area contributed by atoms with Gasteiger partial charge in [0.25, 0.3) is 5.91 Å². The summed E-state index contributed by atoms with van der Waals surface area (Å²) in [6.45, 7) is 8.27. The van der Waals surface area contributed by atoms with Crippen LogP contribution in [0.4, 0.5) is 4.79 Å². The maximum atomic E-state index is 12.0. The molecule has 0 fully saturated rings. The minimum atomic E-state index is -0.461. The molecular formula is C15H24N2O4. The third-order valence-corrected chi connectivity index (χ3v) is 2.97. The number of alkyl carbamates (subject to hydrolysis) is 1. The molecule has 2 amide bonds. The highest BCUT2D eigenvalue weighted by atomic mass is 16.5. The van der Waals surface area contributed by atoms with Crippen LogP contribution in [0.1, 0.15) is 43.3 Å². The molecule has 0 aromatic carbocycles. The lowest BCUT2D eigenvalue weighted by Gasteiger charge is -2.20. The van der Waals surface area contributed by atoms with Gasteiger partial charge in [0, 0.05) is 12.6 Å². The normalized spacial score (nSPS) is 12.0. The van der Waals surface area contributed by atoms with Crippen molar-refractivity contribution in [1.82, 2.24) is 10.6 Å². The molecule has 1 aromatic rings. The molecule has 2 N–H and O–H groups in total. The summed E-state index contributed by atoms with van der Waals surface area (Å²) in [6.07, 6.45) is 1.77. The number of nitrogens with one attached hydrogen (secondary N) is 2. The van der Waals surface area contributed by atoms with E-state index in [4.69, 9.17) is 9.15 Å². The third-order valence-electron chi connectivity index (χ3n) is 2.97. The molecular weight excluding hydrogens is 272 g/mol. The summed E-state index contributed by atoms with van der Waals surface area (Å²) in [6, 6.07) is 1.46. The van der Waals surface area contributed by atoms with Crippen molar-refractivity contribution in [2.45, 2.75) is 40.2 Å². The fraction of sp³-hybridized carbons (Fsp3) is 0.600. The van der Waals surface area contributed by atoms with Gasteiger partial charge in [-0.05, 0) is 32.3 Å². The summed E-state index contributed by atoms with van der Waals surface area (Å²) in [5.41, 5.74) is 0.509. The monoisotopic (exact) mass is 296 g/mol. The molecule has 0 unspecified atom stereocenters. The molecule has 0 spiro atoms. The van der Waals surface area contributed by atoms with E-state index in [1.807, 2.05) is 0 Å². The Morgan fingerprint density at radius 3 is 2.62 bits per heavy atom. The van der Waals surface area contributed by atoms with Gasteiger partial charge in [0.2, 0.25) is 0 Å². The molecule has 1 heterocycles. The van der Waals surface area contributed by atoms with E-state index < -0.39 is 6.09 Å². The molecule has 0 aliphatic heterocycles. The summed E-state index contributed by atoms with van der Waals surface area (Å²) >= 11 is 0. The number of aryl methyl sites for hydroxylation is 1. The lowest BCUT2D eigenvalue weighted by Crippen LogP contribution is -2.44. The van der Waals surface area contributed by atoms with Crippen molar-refractivity contribution in [3.63, 3.8) is 0 Å². The van der Waals surface area contributed by atoms with Crippen molar-refractivity contribution in [3.05, 3.63) is 23.7 Å². The predicted octanol–water partition coefficient (Wildman–Crippen LogP) is 2.48. The smallest absolute Gasteiger partial charge is 0.407 e. The summed E-state index contributed by atoms with van der Waals surface area (Å²) < 4.78 is 9.98. The highest BCUT2D eigenvalue weighted by Crippen LogP contribution is 2.09. The summed E-state index contributed by atoms with van der Waals surface area (Å²) in [5, 5.41) is 5.57. The molecule has 0 radical (unpaired) electrons. The van der Waals surface area contributed by atoms with Crippen molar-refractivity contribution in [2.75, 3.05) is 13.2 Å². The fourth-order valence-electron chi connectivity index (χ4n) is 2.03. The Kier molecular flexibility index (Phi) is 6.78. The average molecular weight is 296 g/mol. The third kappa shape index (κ3) is 5.89. The van der Waals surface area contributed by atoms with Gasteiger partial charge in [-0.25, -0.2) is 4.79 Å². The van der Waals surface area contributed by atoms with Gasteiger partial charge in [-0.2, -0.15) is 0 Å². The number of hydrogen-bond donors (Lipinski definition) is 2. The predicted molar refractivity (Wildman–Crippen MR) is 79.2 cm³/mol. The van der Waals surface area contributed by atoms with E-state index in [0.29, 0.717) is 30.4 Å². The molecule has 118 valence electrons. The molecule has 0 bridgehead atoms. The van der Waals surface area contributed by atoms with Crippen molar-refractivity contribution in [1.29, 1.82) is 0 Å². The van der Waals surface area contributed by atoms with Crippen LogP contribution in [0.3, 0.4) is 0 Å². The van der Waals surface area contributed by atoms with E-state index in [1.165, 1.54) is 6.26 Å². The maximum Gasteiger partial charge on any atom is 0.407 e. The van der Waals surface area contributed by atoms with E-state index in [2.05, 4.69) is 24.5 Å². The van der Waals surface area contributed by atoms with Gasteiger partial charge in [0.1, 0.15) is 5.76 Å². The van der Waals surface area contributed by atoms with Crippen LogP contribution in [-0.4, -0.2) is 31.2 Å². The Hall–Kier alpha value is -1.98. The molecule has 21 heavy (non-hydrogen) atoms. The number of rotatable bonds is 7. The number of carbonyl (C=O) groups excluding carboxylic acids is 2. The SMILES string of the molecule is CCOC(=O)N[C@H](CNC(=O)c1ccoc1C)CC(C)C. The minimum absolute atomic E-state index is 0.166. The van der Waals surface area contributed by atoms with Crippen LogP contribution in [0.5, 0.6) is 0 Å². The van der Waals surface area contributed by atoms with Crippen molar-refractivity contribution >= 4 is 12.0 Å². The minimum Gasteiger partial charge on any atom is -0.469 e. The van der Waals surface area contributed by atoms with Crippen molar-refractivity contribution in [3.8, 4) is 0 Å². The van der Waals surface area contributed by atoms with Crippen LogP contribution < -0.4 is 10.6 Å². The molecule has 1 rings (SSSR count). The highest BCUT2D eigenvalue weighted by molar-refractivity contribution is 5.95. The van der Waals surface area contributed by atoms with Gasteiger partial charge in [0.15, 0.2) is 0 Å². The lowest BCUT2D eigenvalue weighted by molar-refractivity contribution is 0.0943. The van der Waals surface area contributed by atoms with Gasteiger partial charge in [-0.1, -0.05) is 13.8 Å². The molecule has 0 saturated heterocycles. The molecule has 6 nitrogen and oxygen atoms in total. The van der Waals surface area contributed by atoms with Crippen LogP contribution in [0.15, 0.2) is 16.7 Å². The van der Waals surface area contributed by atoms with Gasteiger partial charge in [0.05, 0.1) is 18.4 Å².